The summed E-state index contributed by atoms with van der Waals surface area (Å²) in [4.78, 5) is 28.3. The molecule has 0 spiro atoms. The summed E-state index contributed by atoms with van der Waals surface area (Å²) >= 11 is 0. The van der Waals surface area contributed by atoms with Crippen molar-refractivity contribution in [2.75, 3.05) is 20.3 Å². The number of carbonyl (C=O) groups is 2. The molecule has 1 aromatic carbocycles. The normalized spacial score (nSPS) is 23.4. The summed E-state index contributed by atoms with van der Waals surface area (Å²) in [5, 5.41) is 7.45. The molecule has 8 heteroatoms. The smallest absolute Gasteiger partial charge is 0.245 e. The van der Waals surface area contributed by atoms with E-state index >= 15 is 0 Å². The Morgan fingerprint density at radius 2 is 2.02 bits per heavy atom. The molecule has 2 fully saturated rings. The third-order valence-corrected chi connectivity index (χ3v) is 9.40. The number of hydrogen-bond acceptors (Lipinski definition) is 5. The molecule has 0 unspecified atom stereocenters. The molecule has 1 aliphatic heterocycles. The highest BCUT2D eigenvalue weighted by Crippen LogP contribution is 2.59. The SMILES string of the molecule is COc1cc(CN(C(=O)Cn2nc(C)cc2C)[C@H]2CCCCNC2=O)ccc1OCCC1=CC[C@H]2C[C@@H]1C2(C)C. The Kier molecular flexibility index (Phi) is 8.24. The van der Waals surface area contributed by atoms with Gasteiger partial charge in [-0.25, -0.2) is 0 Å². The van der Waals surface area contributed by atoms with Crippen LogP contribution < -0.4 is 14.8 Å². The molecule has 3 atom stereocenters. The molecule has 4 aliphatic rings. The molecule has 1 saturated carbocycles. The molecule has 0 radical (unpaired) electrons. The number of benzene rings is 1. The Morgan fingerprint density at radius 1 is 1.20 bits per heavy atom. The van der Waals surface area contributed by atoms with Gasteiger partial charge in [-0.15, -0.1) is 0 Å². The van der Waals surface area contributed by atoms with E-state index in [1.807, 2.05) is 38.1 Å². The molecule has 1 saturated heterocycles. The summed E-state index contributed by atoms with van der Waals surface area (Å²) in [7, 11) is 1.64. The van der Waals surface area contributed by atoms with E-state index in [1.54, 1.807) is 16.7 Å². The molecule has 40 heavy (non-hydrogen) atoms. The van der Waals surface area contributed by atoms with Gasteiger partial charge in [0.1, 0.15) is 12.6 Å². The molecule has 8 nitrogen and oxygen atoms in total. The zero-order valence-corrected chi connectivity index (χ0v) is 24.7. The number of nitrogens with zero attached hydrogens (tertiary/aromatic N) is 3. The third-order valence-electron chi connectivity index (χ3n) is 9.40. The van der Waals surface area contributed by atoms with Crippen molar-refractivity contribution in [1.82, 2.24) is 20.0 Å². The minimum Gasteiger partial charge on any atom is -0.493 e. The van der Waals surface area contributed by atoms with Gasteiger partial charge >= 0.3 is 0 Å². The summed E-state index contributed by atoms with van der Waals surface area (Å²) in [6.45, 7) is 10.3. The van der Waals surface area contributed by atoms with Crippen LogP contribution in [0.2, 0.25) is 0 Å². The van der Waals surface area contributed by atoms with E-state index < -0.39 is 6.04 Å². The van der Waals surface area contributed by atoms with Crippen molar-refractivity contribution in [1.29, 1.82) is 0 Å². The first kappa shape index (κ1) is 28.2. The van der Waals surface area contributed by atoms with Crippen LogP contribution in [0.25, 0.3) is 0 Å². The van der Waals surface area contributed by atoms with Crippen LogP contribution in [0.4, 0.5) is 0 Å². The Morgan fingerprint density at radius 3 is 2.73 bits per heavy atom. The van der Waals surface area contributed by atoms with Gasteiger partial charge in [0.25, 0.3) is 0 Å². The molecule has 216 valence electrons. The summed E-state index contributed by atoms with van der Waals surface area (Å²) in [6.07, 6.45) is 8.29. The number of amides is 2. The molecule has 1 N–H and O–H groups in total. The van der Waals surface area contributed by atoms with Gasteiger partial charge in [-0.3, -0.25) is 14.3 Å². The second kappa shape index (κ2) is 11.7. The van der Waals surface area contributed by atoms with E-state index in [0.717, 1.165) is 42.1 Å². The maximum Gasteiger partial charge on any atom is 0.245 e. The minimum absolute atomic E-state index is 0.0934. The monoisotopic (exact) mass is 548 g/mol. The van der Waals surface area contributed by atoms with Gasteiger partial charge in [-0.1, -0.05) is 31.6 Å². The standard InChI is InChI=1S/C32H44N4O4/c1-21-16-22(2)36(34-21)20-30(37)35(27-8-6-7-14-33-31(27)38)19-23-9-12-28(29(17-23)39-5)40-15-13-24-10-11-25-18-26(24)32(25,3)4/h9-10,12,16-17,25-27H,6-8,11,13-15,18-20H2,1-5H3,(H,33,38)/t25-,26-,27-/m0/s1. The summed E-state index contributed by atoms with van der Waals surface area (Å²) in [6, 6.07) is 7.24. The van der Waals surface area contributed by atoms with Crippen molar-refractivity contribution in [3.63, 3.8) is 0 Å². The fourth-order valence-corrected chi connectivity index (χ4v) is 6.81. The van der Waals surface area contributed by atoms with Crippen molar-refractivity contribution in [3.8, 4) is 11.5 Å². The van der Waals surface area contributed by atoms with Crippen molar-refractivity contribution in [2.45, 2.75) is 85.4 Å². The van der Waals surface area contributed by atoms with E-state index in [0.29, 0.717) is 48.9 Å². The lowest BCUT2D eigenvalue weighted by molar-refractivity contribution is -0.141. The van der Waals surface area contributed by atoms with Crippen molar-refractivity contribution in [3.05, 3.63) is 52.9 Å². The Balaban J connectivity index is 1.29. The first-order valence-corrected chi connectivity index (χ1v) is 14.7. The van der Waals surface area contributed by atoms with E-state index in [-0.39, 0.29) is 18.4 Å². The van der Waals surface area contributed by atoms with Gasteiger partial charge in [0.05, 0.1) is 19.4 Å². The average molecular weight is 549 g/mol. The molecule has 1 aromatic heterocycles. The number of methoxy groups -OCH3 is 1. The quantitative estimate of drug-likeness (QED) is 0.424. The summed E-state index contributed by atoms with van der Waals surface area (Å²) < 4.78 is 13.6. The topological polar surface area (TPSA) is 85.7 Å². The first-order chi connectivity index (χ1) is 19.2. The van der Waals surface area contributed by atoms with Gasteiger partial charge in [0.15, 0.2) is 11.5 Å². The number of hydrogen-bond donors (Lipinski definition) is 1. The number of fused-ring (bicyclic) bond motifs is 1. The lowest BCUT2D eigenvalue weighted by Crippen LogP contribution is -2.49. The van der Waals surface area contributed by atoms with Crippen LogP contribution in [-0.2, 0) is 22.7 Å². The number of allylic oxidation sites excluding steroid dienone is 1. The van der Waals surface area contributed by atoms with Crippen molar-refractivity contribution >= 4 is 11.8 Å². The largest absolute Gasteiger partial charge is 0.493 e. The van der Waals surface area contributed by atoms with Gasteiger partial charge in [-0.2, -0.15) is 5.10 Å². The molecule has 2 aromatic rings. The highest BCUT2D eigenvalue weighted by Gasteiger charge is 2.50. The highest BCUT2D eigenvalue weighted by atomic mass is 16.5. The van der Waals surface area contributed by atoms with Gasteiger partial charge in [-0.05, 0) is 87.0 Å². The molecule has 3 aliphatic carbocycles. The van der Waals surface area contributed by atoms with Crippen molar-refractivity contribution in [2.24, 2.45) is 17.3 Å². The Hall–Kier alpha value is -3.29. The third kappa shape index (κ3) is 5.77. The van der Waals surface area contributed by atoms with Gasteiger partial charge in [0.2, 0.25) is 11.8 Å². The number of rotatable bonds is 10. The Bertz CT molecular complexity index is 1280. The summed E-state index contributed by atoms with van der Waals surface area (Å²) in [5.41, 5.74) is 4.62. The molecule has 2 heterocycles. The molecule has 6 rings (SSSR count). The number of carbonyl (C=O) groups excluding carboxylic acids is 2. The van der Waals surface area contributed by atoms with E-state index in [2.05, 4.69) is 30.3 Å². The van der Waals surface area contributed by atoms with Crippen LogP contribution >= 0.6 is 0 Å². The zero-order valence-electron chi connectivity index (χ0n) is 24.7. The second-order valence-corrected chi connectivity index (χ2v) is 12.3. The molecular weight excluding hydrogens is 504 g/mol. The minimum atomic E-state index is -0.520. The fraction of sp³-hybridized carbons (Fsp3) is 0.594. The fourth-order valence-electron chi connectivity index (χ4n) is 6.81. The number of nitrogens with one attached hydrogen (secondary N) is 1. The van der Waals surface area contributed by atoms with E-state index in [9.17, 15) is 9.59 Å². The van der Waals surface area contributed by atoms with Gasteiger partial charge < -0.3 is 19.7 Å². The average Bonchev–Trinajstić information content (AvgIpc) is 3.10. The zero-order chi connectivity index (χ0) is 28.4. The first-order valence-electron chi connectivity index (χ1n) is 14.7. The van der Waals surface area contributed by atoms with Crippen LogP contribution in [0.3, 0.4) is 0 Å². The highest BCUT2D eigenvalue weighted by molar-refractivity contribution is 5.87. The molecular formula is C32H44N4O4. The van der Waals surface area contributed by atoms with E-state index in [1.165, 1.54) is 18.4 Å². The number of aryl methyl sites for hydroxylation is 2. The Labute approximate surface area is 238 Å². The van der Waals surface area contributed by atoms with Crippen LogP contribution in [0.5, 0.6) is 11.5 Å². The van der Waals surface area contributed by atoms with Crippen LogP contribution in [-0.4, -0.2) is 52.8 Å². The predicted octanol–water partition coefficient (Wildman–Crippen LogP) is 4.97. The predicted molar refractivity (Wildman–Crippen MR) is 154 cm³/mol. The van der Waals surface area contributed by atoms with Gasteiger partial charge in [0, 0.05) is 25.2 Å². The molecule has 2 bridgehead atoms. The maximum absolute atomic E-state index is 13.6. The van der Waals surface area contributed by atoms with Crippen LogP contribution in [0.15, 0.2) is 35.9 Å². The molecule has 2 amide bonds. The maximum atomic E-state index is 13.6. The lowest BCUT2D eigenvalue weighted by Gasteiger charge is -2.56. The lowest BCUT2D eigenvalue weighted by atomic mass is 9.48. The van der Waals surface area contributed by atoms with Crippen LogP contribution in [0, 0.1) is 31.1 Å². The number of aromatic nitrogens is 2. The van der Waals surface area contributed by atoms with E-state index in [4.69, 9.17) is 9.47 Å². The van der Waals surface area contributed by atoms with Crippen molar-refractivity contribution < 1.29 is 19.1 Å². The summed E-state index contributed by atoms with van der Waals surface area (Å²) in [5.74, 6) is 2.62. The number of ether oxygens (including phenoxy) is 2. The second-order valence-electron chi connectivity index (χ2n) is 12.3. The van der Waals surface area contributed by atoms with Crippen LogP contribution in [0.1, 0.15) is 69.3 Å².